The van der Waals surface area contributed by atoms with E-state index in [0.717, 1.165) is 11.1 Å². The van der Waals surface area contributed by atoms with E-state index in [0.29, 0.717) is 41.7 Å². The van der Waals surface area contributed by atoms with Gasteiger partial charge in [-0.2, -0.15) is 0 Å². The second kappa shape index (κ2) is 7.07. The van der Waals surface area contributed by atoms with Crippen LogP contribution in [0, 0.1) is 6.92 Å². The molecule has 24 heavy (non-hydrogen) atoms. The van der Waals surface area contributed by atoms with E-state index in [9.17, 15) is 4.79 Å². The van der Waals surface area contributed by atoms with Crippen LogP contribution in [0.1, 0.15) is 17.5 Å². The number of fused-ring (bicyclic) bond motifs is 1. The summed E-state index contributed by atoms with van der Waals surface area (Å²) in [5, 5.41) is 0.564. The van der Waals surface area contributed by atoms with Gasteiger partial charge < -0.3 is 15.4 Å². The molecule has 0 spiro atoms. The Bertz CT molecular complexity index is 802. The molecule has 0 aliphatic carbocycles. The molecular formula is C19H19ClN2O2. The molecular weight excluding hydrogens is 324 g/mol. The maximum absolute atomic E-state index is 12.8. The number of rotatable bonds is 4. The number of nitrogens with two attached hydrogens (primary N) is 1. The van der Waals surface area contributed by atoms with E-state index in [1.807, 2.05) is 31.2 Å². The summed E-state index contributed by atoms with van der Waals surface area (Å²) < 4.78 is 5.83. The molecule has 4 nitrogen and oxygen atoms in total. The standard InChI is InChI=1S/C19H19ClN2O2/c1-13-4-2-5-14(10-13)11-18-19(23)22(9-3-8-21)16-12-15(20)6-7-17(16)24-18/h2,4-7,10-12H,3,8-9,21H2,1H3/b18-11+. The van der Waals surface area contributed by atoms with Gasteiger partial charge in [-0.3, -0.25) is 4.79 Å². The molecule has 2 N–H and O–H groups in total. The Hall–Kier alpha value is -2.30. The van der Waals surface area contributed by atoms with E-state index in [1.54, 1.807) is 29.2 Å². The zero-order valence-corrected chi connectivity index (χ0v) is 14.2. The third-order valence-corrected chi connectivity index (χ3v) is 4.05. The fraction of sp³-hybridized carbons (Fsp3) is 0.211. The van der Waals surface area contributed by atoms with Gasteiger partial charge >= 0.3 is 0 Å². The van der Waals surface area contributed by atoms with Crippen molar-refractivity contribution < 1.29 is 9.53 Å². The van der Waals surface area contributed by atoms with Crippen LogP contribution in [0.5, 0.6) is 5.75 Å². The van der Waals surface area contributed by atoms with Gasteiger partial charge in [0.05, 0.1) is 5.69 Å². The van der Waals surface area contributed by atoms with E-state index in [2.05, 4.69) is 0 Å². The summed E-state index contributed by atoms with van der Waals surface area (Å²) in [5.74, 6) is 0.738. The Labute approximate surface area is 146 Å². The molecule has 3 rings (SSSR count). The first-order chi connectivity index (χ1) is 11.6. The molecule has 124 valence electrons. The van der Waals surface area contributed by atoms with Crippen LogP contribution in [0.15, 0.2) is 48.2 Å². The molecule has 1 aliphatic heterocycles. The number of ether oxygens (including phenoxy) is 1. The second-order valence-corrected chi connectivity index (χ2v) is 6.17. The lowest BCUT2D eigenvalue weighted by Crippen LogP contribution is -2.38. The van der Waals surface area contributed by atoms with E-state index < -0.39 is 0 Å². The first-order valence-electron chi connectivity index (χ1n) is 7.86. The Morgan fingerprint density at radius 2 is 2.08 bits per heavy atom. The predicted octanol–water partition coefficient (Wildman–Crippen LogP) is 3.76. The minimum absolute atomic E-state index is 0.181. The van der Waals surface area contributed by atoms with Gasteiger partial charge in [-0.1, -0.05) is 41.4 Å². The summed E-state index contributed by atoms with van der Waals surface area (Å²) in [6.07, 6.45) is 2.47. The number of hydrogen-bond acceptors (Lipinski definition) is 3. The van der Waals surface area contributed by atoms with Gasteiger partial charge in [-0.15, -0.1) is 0 Å². The van der Waals surface area contributed by atoms with Crippen LogP contribution >= 0.6 is 11.6 Å². The minimum atomic E-state index is -0.181. The van der Waals surface area contributed by atoms with E-state index in [1.165, 1.54) is 0 Å². The SMILES string of the molecule is Cc1cccc(/C=C2/Oc3ccc(Cl)cc3N(CCCN)C2=O)c1. The van der Waals surface area contributed by atoms with Crippen LogP contribution < -0.4 is 15.4 Å². The third kappa shape index (κ3) is 3.45. The van der Waals surface area contributed by atoms with Gasteiger partial charge in [0.25, 0.3) is 5.91 Å². The molecule has 0 unspecified atom stereocenters. The number of halogens is 1. The van der Waals surface area contributed by atoms with Crippen molar-refractivity contribution in [1.29, 1.82) is 0 Å². The smallest absolute Gasteiger partial charge is 0.294 e. The highest BCUT2D eigenvalue weighted by molar-refractivity contribution is 6.31. The third-order valence-electron chi connectivity index (χ3n) is 3.81. The number of carbonyl (C=O) groups excluding carboxylic acids is 1. The van der Waals surface area contributed by atoms with Crippen molar-refractivity contribution >= 4 is 29.3 Å². The Morgan fingerprint density at radius 3 is 2.83 bits per heavy atom. The summed E-state index contributed by atoms with van der Waals surface area (Å²) in [5.41, 5.74) is 8.34. The molecule has 1 amide bonds. The summed E-state index contributed by atoms with van der Waals surface area (Å²) in [6, 6.07) is 13.2. The summed E-state index contributed by atoms with van der Waals surface area (Å²) in [4.78, 5) is 14.5. The molecule has 1 heterocycles. The summed E-state index contributed by atoms with van der Waals surface area (Å²) in [6.45, 7) is 3.05. The van der Waals surface area contributed by atoms with E-state index in [4.69, 9.17) is 22.1 Å². The van der Waals surface area contributed by atoms with Gasteiger partial charge in [-0.05, 0) is 49.7 Å². The van der Waals surface area contributed by atoms with Crippen LogP contribution in [-0.2, 0) is 4.79 Å². The van der Waals surface area contributed by atoms with Crippen LogP contribution in [0.4, 0.5) is 5.69 Å². The molecule has 0 fully saturated rings. The van der Waals surface area contributed by atoms with Crippen LogP contribution in [-0.4, -0.2) is 19.0 Å². The summed E-state index contributed by atoms with van der Waals surface area (Å²) in [7, 11) is 0. The van der Waals surface area contributed by atoms with Crippen LogP contribution in [0.25, 0.3) is 6.08 Å². The zero-order chi connectivity index (χ0) is 17.1. The molecule has 5 heteroatoms. The number of nitrogens with zero attached hydrogens (tertiary/aromatic N) is 1. The molecule has 0 atom stereocenters. The van der Waals surface area contributed by atoms with Gasteiger partial charge in [-0.25, -0.2) is 0 Å². The average Bonchev–Trinajstić information content (AvgIpc) is 2.55. The van der Waals surface area contributed by atoms with Crippen molar-refractivity contribution in [3.63, 3.8) is 0 Å². The first kappa shape index (κ1) is 16.6. The second-order valence-electron chi connectivity index (χ2n) is 5.74. The van der Waals surface area contributed by atoms with Crippen molar-refractivity contribution in [2.75, 3.05) is 18.0 Å². The molecule has 2 aromatic carbocycles. The highest BCUT2D eigenvalue weighted by atomic mass is 35.5. The van der Waals surface area contributed by atoms with Crippen molar-refractivity contribution in [1.82, 2.24) is 0 Å². The highest BCUT2D eigenvalue weighted by Gasteiger charge is 2.30. The van der Waals surface area contributed by atoms with Crippen molar-refractivity contribution in [3.8, 4) is 5.75 Å². The molecule has 0 aromatic heterocycles. The molecule has 0 radical (unpaired) electrons. The zero-order valence-electron chi connectivity index (χ0n) is 13.5. The van der Waals surface area contributed by atoms with Crippen molar-refractivity contribution in [2.24, 2.45) is 5.73 Å². The fourth-order valence-corrected chi connectivity index (χ4v) is 2.83. The number of hydrogen-bond donors (Lipinski definition) is 1. The maximum Gasteiger partial charge on any atom is 0.294 e. The molecule has 2 aromatic rings. The first-order valence-corrected chi connectivity index (χ1v) is 8.24. The lowest BCUT2D eigenvalue weighted by Gasteiger charge is -2.30. The van der Waals surface area contributed by atoms with Crippen molar-refractivity contribution in [2.45, 2.75) is 13.3 Å². The predicted molar refractivity (Wildman–Crippen MR) is 97.3 cm³/mol. The molecule has 0 bridgehead atoms. The Kier molecular flexibility index (Phi) is 4.88. The van der Waals surface area contributed by atoms with E-state index >= 15 is 0 Å². The van der Waals surface area contributed by atoms with Gasteiger partial charge in [0.2, 0.25) is 0 Å². The molecule has 1 aliphatic rings. The summed E-state index contributed by atoms with van der Waals surface area (Å²) >= 11 is 6.07. The quantitative estimate of drug-likeness (QED) is 0.861. The topological polar surface area (TPSA) is 55.6 Å². The largest absolute Gasteiger partial charge is 0.449 e. The fourth-order valence-electron chi connectivity index (χ4n) is 2.67. The lowest BCUT2D eigenvalue weighted by atomic mass is 10.1. The maximum atomic E-state index is 12.8. The normalized spacial score (nSPS) is 15.4. The molecule has 0 saturated heterocycles. The monoisotopic (exact) mass is 342 g/mol. The van der Waals surface area contributed by atoms with Gasteiger partial charge in [0.1, 0.15) is 0 Å². The average molecular weight is 343 g/mol. The lowest BCUT2D eigenvalue weighted by molar-refractivity contribution is -0.117. The minimum Gasteiger partial charge on any atom is -0.449 e. The number of amides is 1. The Balaban J connectivity index is 2.01. The van der Waals surface area contributed by atoms with Gasteiger partial charge in [0.15, 0.2) is 11.5 Å². The van der Waals surface area contributed by atoms with Crippen molar-refractivity contribution in [3.05, 3.63) is 64.4 Å². The van der Waals surface area contributed by atoms with Gasteiger partial charge in [0, 0.05) is 11.6 Å². The van der Waals surface area contributed by atoms with E-state index in [-0.39, 0.29) is 5.91 Å². The number of carbonyl (C=O) groups is 1. The highest BCUT2D eigenvalue weighted by Crippen LogP contribution is 2.37. The Morgan fingerprint density at radius 1 is 1.25 bits per heavy atom. The number of benzene rings is 2. The number of anilines is 1. The number of aryl methyl sites for hydroxylation is 1. The molecule has 0 saturated carbocycles. The van der Waals surface area contributed by atoms with Crippen LogP contribution in [0.2, 0.25) is 5.02 Å². The van der Waals surface area contributed by atoms with Crippen LogP contribution in [0.3, 0.4) is 0 Å².